The van der Waals surface area contributed by atoms with Gasteiger partial charge < -0.3 is 9.84 Å². The van der Waals surface area contributed by atoms with Gasteiger partial charge in [0.15, 0.2) is 0 Å². The van der Waals surface area contributed by atoms with E-state index >= 15 is 0 Å². The average molecular weight is 299 g/mol. The number of aromatic carboxylic acids is 1. The first kappa shape index (κ1) is 13.6. The van der Waals surface area contributed by atoms with Crippen molar-refractivity contribution in [1.82, 2.24) is 4.98 Å². The molecule has 1 heterocycles. The second-order valence-corrected chi connectivity index (χ2v) is 5.65. The molecule has 4 nitrogen and oxygen atoms in total. The SMILES string of the molecule is COc1cc2sc(-c3ccccc3)nc2c(C(=O)O)c1C. The fourth-order valence-corrected chi connectivity index (χ4v) is 3.32. The van der Waals surface area contributed by atoms with Gasteiger partial charge in [-0.25, -0.2) is 9.78 Å². The van der Waals surface area contributed by atoms with Crippen molar-refractivity contribution in [2.75, 3.05) is 7.11 Å². The Morgan fingerprint density at radius 2 is 2.00 bits per heavy atom. The van der Waals surface area contributed by atoms with Crippen molar-refractivity contribution in [2.45, 2.75) is 6.92 Å². The van der Waals surface area contributed by atoms with Crippen LogP contribution >= 0.6 is 11.3 Å². The lowest BCUT2D eigenvalue weighted by atomic mass is 10.1. The van der Waals surface area contributed by atoms with E-state index in [0.717, 1.165) is 15.3 Å². The van der Waals surface area contributed by atoms with Crippen LogP contribution in [0.1, 0.15) is 15.9 Å². The topological polar surface area (TPSA) is 59.4 Å². The standard InChI is InChI=1S/C16H13NO3S/c1-9-11(20-2)8-12-14(13(9)16(18)19)17-15(21-12)10-6-4-3-5-7-10/h3-8H,1-2H3,(H,18,19). The smallest absolute Gasteiger partial charge is 0.338 e. The minimum Gasteiger partial charge on any atom is -0.496 e. The maximum absolute atomic E-state index is 11.6. The minimum atomic E-state index is -0.985. The number of rotatable bonds is 3. The van der Waals surface area contributed by atoms with E-state index in [9.17, 15) is 9.90 Å². The Balaban J connectivity index is 2.31. The van der Waals surface area contributed by atoms with Crippen molar-refractivity contribution in [2.24, 2.45) is 0 Å². The van der Waals surface area contributed by atoms with E-state index in [0.29, 0.717) is 16.8 Å². The number of methoxy groups -OCH3 is 1. The summed E-state index contributed by atoms with van der Waals surface area (Å²) in [5, 5.41) is 10.3. The van der Waals surface area contributed by atoms with Crippen LogP contribution in [0.25, 0.3) is 20.8 Å². The van der Waals surface area contributed by atoms with E-state index in [4.69, 9.17) is 4.74 Å². The molecule has 0 fully saturated rings. The lowest BCUT2D eigenvalue weighted by molar-refractivity contribution is 0.0697. The molecule has 106 valence electrons. The molecule has 3 rings (SSSR count). The molecule has 0 aliphatic carbocycles. The molecule has 0 bridgehead atoms. The molecule has 1 aromatic heterocycles. The van der Waals surface area contributed by atoms with Crippen molar-refractivity contribution >= 4 is 27.5 Å². The van der Waals surface area contributed by atoms with Crippen LogP contribution < -0.4 is 4.74 Å². The molecule has 5 heteroatoms. The van der Waals surface area contributed by atoms with Crippen LogP contribution in [0.15, 0.2) is 36.4 Å². The normalized spacial score (nSPS) is 10.8. The first-order valence-corrected chi connectivity index (χ1v) is 7.20. The summed E-state index contributed by atoms with van der Waals surface area (Å²) in [7, 11) is 1.54. The fraction of sp³-hybridized carbons (Fsp3) is 0.125. The molecule has 0 radical (unpaired) electrons. The molecule has 0 saturated carbocycles. The Morgan fingerprint density at radius 3 is 2.62 bits per heavy atom. The Labute approximate surface area is 125 Å². The molecule has 3 aromatic rings. The highest BCUT2D eigenvalue weighted by Crippen LogP contribution is 2.36. The van der Waals surface area contributed by atoms with E-state index in [1.807, 2.05) is 36.4 Å². The van der Waals surface area contributed by atoms with Crippen molar-refractivity contribution in [3.63, 3.8) is 0 Å². The van der Waals surface area contributed by atoms with Gasteiger partial charge in [-0.05, 0) is 13.0 Å². The third-order valence-corrected chi connectivity index (χ3v) is 4.40. The molecule has 2 aromatic carbocycles. The number of fused-ring (bicyclic) bond motifs is 1. The van der Waals surface area contributed by atoms with E-state index in [1.54, 1.807) is 14.0 Å². The maximum Gasteiger partial charge on any atom is 0.338 e. The fourth-order valence-electron chi connectivity index (χ4n) is 2.31. The zero-order valence-corrected chi connectivity index (χ0v) is 12.4. The first-order chi connectivity index (χ1) is 10.1. The van der Waals surface area contributed by atoms with Gasteiger partial charge in [-0.1, -0.05) is 30.3 Å². The quantitative estimate of drug-likeness (QED) is 0.794. The van der Waals surface area contributed by atoms with E-state index in [-0.39, 0.29) is 5.56 Å². The second-order valence-electron chi connectivity index (χ2n) is 4.62. The summed E-state index contributed by atoms with van der Waals surface area (Å²) in [6.07, 6.45) is 0. The Bertz CT molecular complexity index is 824. The molecule has 0 amide bonds. The monoisotopic (exact) mass is 299 g/mol. The molecular formula is C16H13NO3S. The van der Waals surface area contributed by atoms with Gasteiger partial charge in [0.25, 0.3) is 0 Å². The summed E-state index contributed by atoms with van der Waals surface area (Å²) in [6.45, 7) is 1.74. The van der Waals surface area contributed by atoms with E-state index in [1.165, 1.54) is 11.3 Å². The van der Waals surface area contributed by atoms with Gasteiger partial charge in [-0.2, -0.15) is 0 Å². The molecule has 0 saturated heterocycles. The highest BCUT2D eigenvalue weighted by atomic mass is 32.1. The Kier molecular flexibility index (Phi) is 3.35. The van der Waals surface area contributed by atoms with Crippen LogP contribution in [0.4, 0.5) is 0 Å². The van der Waals surface area contributed by atoms with E-state index < -0.39 is 5.97 Å². The van der Waals surface area contributed by atoms with Gasteiger partial charge in [0.05, 0.1) is 22.9 Å². The number of carbonyl (C=O) groups is 1. The molecule has 1 N–H and O–H groups in total. The predicted octanol–water partition coefficient (Wildman–Crippen LogP) is 3.98. The highest BCUT2D eigenvalue weighted by molar-refractivity contribution is 7.21. The highest BCUT2D eigenvalue weighted by Gasteiger charge is 2.20. The molecule has 0 aliphatic rings. The van der Waals surface area contributed by atoms with Crippen LogP contribution in [0.5, 0.6) is 5.75 Å². The summed E-state index contributed by atoms with van der Waals surface area (Å²) >= 11 is 1.47. The van der Waals surface area contributed by atoms with Crippen molar-refractivity contribution in [3.8, 4) is 16.3 Å². The minimum absolute atomic E-state index is 0.211. The van der Waals surface area contributed by atoms with Crippen LogP contribution in [-0.2, 0) is 0 Å². The maximum atomic E-state index is 11.6. The average Bonchev–Trinajstić information content (AvgIpc) is 2.90. The number of hydrogen-bond acceptors (Lipinski definition) is 4. The molecule has 0 aliphatic heterocycles. The number of nitrogens with zero attached hydrogens (tertiary/aromatic N) is 1. The number of benzene rings is 2. The van der Waals surface area contributed by atoms with Crippen molar-refractivity contribution < 1.29 is 14.6 Å². The number of carboxylic acid groups (broad SMARTS) is 1. The van der Waals surface area contributed by atoms with Gasteiger partial charge in [0, 0.05) is 11.1 Å². The number of ether oxygens (including phenoxy) is 1. The van der Waals surface area contributed by atoms with Gasteiger partial charge in [-0.3, -0.25) is 0 Å². The summed E-state index contributed by atoms with van der Waals surface area (Å²) in [4.78, 5) is 16.1. The van der Waals surface area contributed by atoms with Gasteiger partial charge in [0.1, 0.15) is 10.8 Å². The number of hydrogen-bond donors (Lipinski definition) is 1. The Morgan fingerprint density at radius 1 is 1.29 bits per heavy atom. The number of aromatic nitrogens is 1. The second kappa shape index (κ2) is 5.18. The molecule has 0 atom stereocenters. The third-order valence-electron chi connectivity index (χ3n) is 3.35. The van der Waals surface area contributed by atoms with Crippen LogP contribution in [-0.4, -0.2) is 23.2 Å². The summed E-state index contributed by atoms with van der Waals surface area (Å²) in [6, 6.07) is 11.6. The largest absolute Gasteiger partial charge is 0.496 e. The Hall–Kier alpha value is -2.40. The van der Waals surface area contributed by atoms with Crippen LogP contribution in [0, 0.1) is 6.92 Å². The molecular weight excluding hydrogens is 286 g/mol. The third kappa shape index (κ3) is 2.25. The first-order valence-electron chi connectivity index (χ1n) is 6.38. The van der Waals surface area contributed by atoms with Crippen LogP contribution in [0.2, 0.25) is 0 Å². The zero-order valence-electron chi connectivity index (χ0n) is 11.6. The number of carboxylic acids is 1. The summed E-state index contributed by atoms with van der Waals surface area (Å²) in [5.41, 5.74) is 2.31. The predicted molar refractivity (Wildman–Crippen MR) is 83.3 cm³/mol. The van der Waals surface area contributed by atoms with Gasteiger partial charge in [-0.15, -0.1) is 11.3 Å². The molecule has 21 heavy (non-hydrogen) atoms. The van der Waals surface area contributed by atoms with Gasteiger partial charge >= 0.3 is 5.97 Å². The summed E-state index contributed by atoms with van der Waals surface area (Å²) in [5.74, 6) is -0.413. The lowest BCUT2D eigenvalue weighted by Crippen LogP contribution is -2.03. The lowest BCUT2D eigenvalue weighted by Gasteiger charge is -2.07. The van der Waals surface area contributed by atoms with Gasteiger partial charge in [0.2, 0.25) is 0 Å². The van der Waals surface area contributed by atoms with Crippen molar-refractivity contribution in [1.29, 1.82) is 0 Å². The number of thiazole rings is 1. The van der Waals surface area contributed by atoms with Crippen molar-refractivity contribution in [3.05, 3.63) is 47.5 Å². The molecule has 0 spiro atoms. The van der Waals surface area contributed by atoms with E-state index in [2.05, 4.69) is 4.98 Å². The van der Waals surface area contributed by atoms with Crippen LogP contribution in [0.3, 0.4) is 0 Å². The summed E-state index contributed by atoms with van der Waals surface area (Å²) < 4.78 is 6.09. The zero-order chi connectivity index (χ0) is 15.0. The molecule has 0 unspecified atom stereocenters.